The first-order valence-corrected chi connectivity index (χ1v) is 13.8. The number of aromatic carboxylic acids is 1. The minimum absolute atomic E-state index is 0.0298. The van der Waals surface area contributed by atoms with Crippen molar-refractivity contribution >= 4 is 27.7 Å². The molecular weight excluding hydrogens is 492 g/mol. The summed E-state index contributed by atoms with van der Waals surface area (Å²) in [6.07, 6.45) is 2.61. The lowest BCUT2D eigenvalue weighted by atomic mass is 9.82. The summed E-state index contributed by atoms with van der Waals surface area (Å²) < 4.78 is 24.0. The lowest BCUT2D eigenvalue weighted by Gasteiger charge is -2.37. The fourth-order valence-corrected chi connectivity index (χ4v) is 5.32. The third kappa shape index (κ3) is 5.80. The van der Waals surface area contributed by atoms with E-state index in [-0.39, 0.29) is 34.6 Å². The van der Waals surface area contributed by atoms with Crippen LogP contribution in [0.2, 0.25) is 0 Å². The van der Waals surface area contributed by atoms with Crippen LogP contribution in [0, 0.1) is 5.92 Å². The topological polar surface area (TPSA) is 130 Å². The number of rotatable bonds is 8. The zero-order valence-electron chi connectivity index (χ0n) is 21.0. The normalized spacial score (nSPS) is 15.4. The Morgan fingerprint density at radius 1 is 1.08 bits per heavy atom. The number of fused-ring (bicyclic) bond motifs is 1. The number of nitrogens with one attached hydrogen (secondary N) is 1. The first kappa shape index (κ1) is 26.3. The van der Waals surface area contributed by atoms with Gasteiger partial charge in [-0.1, -0.05) is 39.0 Å². The molecule has 2 heterocycles. The maximum atomic E-state index is 12.9. The minimum Gasteiger partial charge on any atom is -0.478 e. The first-order valence-electron chi connectivity index (χ1n) is 12.1. The van der Waals surface area contributed by atoms with Crippen molar-refractivity contribution in [2.45, 2.75) is 44.7 Å². The van der Waals surface area contributed by atoms with E-state index in [0.717, 1.165) is 11.1 Å². The highest BCUT2D eigenvalue weighted by molar-refractivity contribution is 7.91. The molecule has 0 unspecified atom stereocenters. The summed E-state index contributed by atoms with van der Waals surface area (Å²) >= 11 is 0. The van der Waals surface area contributed by atoms with Crippen molar-refractivity contribution in [2.75, 3.05) is 17.2 Å². The highest BCUT2D eigenvalue weighted by Gasteiger charge is 2.29. The molecule has 1 atom stereocenters. The standard InChI is InChI=1S/C27H30N4O5S/c1-4-37(35,36)22-8-5-18(6-9-22)12-28-25(32)19-7-10-23-20(11-19)15-31(16-24(23)17(2)3)27-29-13-21(14-30-27)26(33)34/h5-11,13-14,17,24H,4,12,15-16H2,1-3H3,(H,28,32)(H,33,34)/t24-/m1/s1. The molecule has 9 nitrogen and oxygen atoms in total. The van der Waals surface area contributed by atoms with Crippen LogP contribution < -0.4 is 10.2 Å². The van der Waals surface area contributed by atoms with Gasteiger partial charge in [0.15, 0.2) is 9.84 Å². The molecule has 10 heteroatoms. The zero-order chi connectivity index (χ0) is 26.7. The average Bonchev–Trinajstić information content (AvgIpc) is 2.90. The number of carbonyl (C=O) groups excluding carboxylic acids is 1. The predicted molar refractivity (Wildman–Crippen MR) is 139 cm³/mol. The Balaban J connectivity index is 1.51. The Morgan fingerprint density at radius 3 is 2.35 bits per heavy atom. The van der Waals surface area contributed by atoms with E-state index < -0.39 is 15.8 Å². The summed E-state index contributed by atoms with van der Waals surface area (Å²) in [5.41, 5.74) is 3.53. The van der Waals surface area contributed by atoms with E-state index in [1.165, 1.54) is 18.0 Å². The van der Waals surface area contributed by atoms with Gasteiger partial charge in [-0.3, -0.25) is 4.79 Å². The van der Waals surface area contributed by atoms with Crippen molar-refractivity contribution in [3.63, 3.8) is 0 Å². The van der Waals surface area contributed by atoms with Gasteiger partial charge in [0.2, 0.25) is 5.95 Å². The van der Waals surface area contributed by atoms with Gasteiger partial charge in [0.05, 0.1) is 16.2 Å². The Morgan fingerprint density at radius 2 is 1.76 bits per heavy atom. The maximum Gasteiger partial charge on any atom is 0.338 e. The molecule has 1 aromatic heterocycles. The van der Waals surface area contributed by atoms with E-state index in [2.05, 4.69) is 29.1 Å². The molecule has 37 heavy (non-hydrogen) atoms. The number of nitrogens with zero attached hydrogens (tertiary/aromatic N) is 3. The fraction of sp³-hybridized carbons (Fsp3) is 0.333. The van der Waals surface area contributed by atoms with Gasteiger partial charge in [-0.15, -0.1) is 0 Å². The van der Waals surface area contributed by atoms with Crippen LogP contribution in [-0.4, -0.2) is 47.7 Å². The highest BCUT2D eigenvalue weighted by Crippen LogP contribution is 2.35. The van der Waals surface area contributed by atoms with Crippen LogP contribution in [0.5, 0.6) is 0 Å². The molecular formula is C27H30N4O5S. The van der Waals surface area contributed by atoms with Crippen LogP contribution in [0.25, 0.3) is 0 Å². The number of hydrogen-bond acceptors (Lipinski definition) is 7. The van der Waals surface area contributed by atoms with E-state index >= 15 is 0 Å². The lowest BCUT2D eigenvalue weighted by Crippen LogP contribution is -2.37. The summed E-state index contributed by atoms with van der Waals surface area (Å²) in [7, 11) is -3.27. The molecule has 4 rings (SSSR count). The summed E-state index contributed by atoms with van der Waals surface area (Å²) in [6.45, 7) is 7.35. The van der Waals surface area contributed by atoms with Gasteiger partial charge in [0, 0.05) is 43.5 Å². The Bertz CT molecular complexity index is 1400. The number of anilines is 1. The number of carboxylic acids is 1. The summed E-state index contributed by atoms with van der Waals surface area (Å²) in [6, 6.07) is 12.2. The highest BCUT2D eigenvalue weighted by atomic mass is 32.2. The van der Waals surface area contributed by atoms with Crippen molar-refractivity contribution in [3.05, 3.63) is 82.7 Å². The van der Waals surface area contributed by atoms with Gasteiger partial charge in [-0.25, -0.2) is 23.2 Å². The minimum atomic E-state index is -3.27. The molecule has 194 valence electrons. The van der Waals surface area contributed by atoms with Gasteiger partial charge in [-0.2, -0.15) is 0 Å². The second-order valence-electron chi connectivity index (χ2n) is 9.45. The molecule has 1 aliphatic heterocycles. The average molecular weight is 523 g/mol. The third-order valence-corrected chi connectivity index (χ3v) is 8.42. The van der Waals surface area contributed by atoms with Crippen LogP contribution in [0.4, 0.5) is 5.95 Å². The summed E-state index contributed by atoms with van der Waals surface area (Å²) in [5, 5.41) is 12.0. The van der Waals surface area contributed by atoms with Crippen LogP contribution in [0.1, 0.15) is 64.1 Å². The molecule has 0 radical (unpaired) electrons. The molecule has 0 saturated carbocycles. The number of carboxylic acid groups (broad SMARTS) is 1. The Hall–Kier alpha value is -3.79. The van der Waals surface area contributed by atoms with E-state index in [1.54, 1.807) is 31.2 Å². The Labute approximate surface area is 216 Å². The molecule has 0 fully saturated rings. The first-order chi connectivity index (χ1) is 17.6. The van der Waals surface area contributed by atoms with Crippen LogP contribution in [0.15, 0.2) is 59.8 Å². The van der Waals surface area contributed by atoms with Crippen LogP contribution >= 0.6 is 0 Å². The summed E-state index contributed by atoms with van der Waals surface area (Å²) in [5.74, 6) is -0.289. The van der Waals surface area contributed by atoms with Crippen molar-refractivity contribution in [1.29, 1.82) is 0 Å². The molecule has 2 aromatic carbocycles. The van der Waals surface area contributed by atoms with E-state index in [1.807, 2.05) is 23.1 Å². The van der Waals surface area contributed by atoms with E-state index in [0.29, 0.717) is 30.5 Å². The predicted octanol–water partition coefficient (Wildman–Crippen LogP) is 3.66. The molecule has 0 saturated heterocycles. The largest absolute Gasteiger partial charge is 0.478 e. The van der Waals surface area contributed by atoms with Gasteiger partial charge >= 0.3 is 5.97 Å². The number of carbonyl (C=O) groups is 2. The quantitative estimate of drug-likeness (QED) is 0.459. The number of hydrogen-bond donors (Lipinski definition) is 2. The second-order valence-corrected chi connectivity index (χ2v) is 11.7. The molecule has 1 amide bonds. The zero-order valence-corrected chi connectivity index (χ0v) is 21.8. The molecule has 0 bridgehead atoms. The molecule has 0 aliphatic carbocycles. The molecule has 0 spiro atoms. The van der Waals surface area contributed by atoms with Crippen molar-refractivity contribution < 1.29 is 23.1 Å². The monoisotopic (exact) mass is 522 g/mol. The maximum absolute atomic E-state index is 12.9. The summed E-state index contributed by atoms with van der Waals surface area (Å²) in [4.78, 5) is 34.9. The van der Waals surface area contributed by atoms with Gasteiger partial charge < -0.3 is 15.3 Å². The third-order valence-electron chi connectivity index (χ3n) is 6.67. The smallest absolute Gasteiger partial charge is 0.338 e. The molecule has 2 N–H and O–H groups in total. The number of aromatic nitrogens is 2. The van der Waals surface area contributed by atoms with E-state index in [4.69, 9.17) is 5.11 Å². The molecule has 3 aromatic rings. The Kier molecular flexibility index (Phi) is 7.58. The van der Waals surface area contributed by atoms with Gasteiger partial charge in [-0.05, 0) is 46.9 Å². The number of benzene rings is 2. The van der Waals surface area contributed by atoms with Crippen LogP contribution in [0.3, 0.4) is 0 Å². The van der Waals surface area contributed by atoms with Crippen molar-refractivity contribution in [3.8, 4) is 0 Å². The van der Waals surface area contributed by atoms with E-state index in [9.17, 15) is 18.0 Å². The second kappa shape index (κ2) is 10.7. The SMILES string of the molecule is CCS(=O)(=O)c1ccc(CNC(=O)c2ccc3c(c2)CN(c2ncc(C(=O)O)cn2)C[C@@H]3C(C)C)cc1. The molecule has 1 aliphatic rings. The number of sulfone groups is 1. The lowest BCUT2D eigenvalue weighted by molar-refractivity contribution is 0.0695. The van der Waals surface area contributed by atoms with Crippen molar-refractivity contribution in [1.82, 2.24) is 15.3 Å². The van der Waals surface area contributed by atoms with Crippen molar-refractivity contribution in [2.24, 2.45) is 5.92 Å². The van der Waals surface area contributed by atoms with Crippen LogP contribution in [-0.2, 0) is 22.9 Å². The van der Waals surface area contributed by atoms with Gasteiger partial charge in [0.25, 0.3) is 5.91 Å². The van der Waals surface area contributed by atoms with Gasteiger partial charge in [0.1, 0.15) is 0 Å². The number of amides is 1. The fourth-order valence-electron chi connectivity index (χ4n) is 4.43.